The maximum absolute atomic E-state index is 15.4. The molecule has 1 N–H and O–H groups in total. The Hall–Kier alpha value is -3.64. The highest BCUT2D eigenvalue weighted by molar-refractivity contribution is 5.98. The molecule has 2 unspecified atom stereocenters. The highest BCUT2D eigenvalue weighted by Crippen LogP contribution is 2.36. The Morgan fingerprint density at radius 2 is 1.92 bits per heavy atom. The first-order chi connectivity index (χ1) is 18.3. The van der Waals surface area contributed by atoms with E-state index in [1.807, 2.05) is 0 Å². The van der Waals surface area contributed by atoms with E-state index in [0.717, 1.165) is 15.8 Å². The summed E-state index contributed by atoms with van der Waals surface area (Å²) in [7, 11) is 0. The summed E-state index contributed by atoms with van der Waals surface area (Å²) in [6.45, 7) is 4.90. The zero-order valence-electron chi connectivity index (χ0n) is 21.9. The van der Waals surface area contributed by atoms with Crippen molar-refractivity contribution >= 4 is 12.1 Å². The van der Waals surface area contributed by atoms with Gasteiger partial charge in [0.05, 0.1) is 30.6 Å². The van der Waals surface area contributed by atoms with Gasteiger partial charge in [-0.2, -0.15) is 28.2 Å². The molecule has 1 aliphatic heterocycles. The lowest BCUT2D eigenvalue weighted by atomic mass is 9.87. The summed E-state index contributed by atoms with van der Waals surface area (Å²) in [6, 6.07) is 2.01. The number of carbonyl (C=O) groups is 1. The number of hydrogen-bond donors (Lipinski definition) is 1. The third kappa shape index (κ3) is 7.07. The first kappa shape index (κ1) is 29.9. The summed E-state index contributed by atoms with van der Waals surface area (Å²) in [5, 5.41) is 10.8. The zero-order valence-corrected chi connectivity index (χ0v) is 21.9. The molecule has 3 rings (SSSR count). The van der Waals surface area contributed by atoms with Crippen LogP contribution < -0.4 is 5.32 Å². The summed E-state index contributed by atoms with van der Waals surface area (Å²) >= 11 is 0. The number of aliphatic imine (C=N–C) groups is 1. The van der Waals surface area contributed by atoms with Gasteiger partial charge in [0.1, 0.15) is 22.9 Å². The first-order valence-electron chi connectivity index (χ1n) is 12.3. The number of nitrogens with one attached hydrogen (secondary N) is 1. The van der Waals surface area contributed by atoms with E-state index in [2.05, 4.69) is 20.5 Å². The van der Waals surface area contributed by atoms with Crippen LogP contribution in [0.15, 0.2) is 53.1 Å². The van der Waals surface area contributed by atoms with Gasteiger partial charge in [0.2, 0.25) is 0 Å². The number of nitrogens with zero attached hydrogens (tertiary/aromatic N) is 5. The highest BCUT2D eigenvalue weighted by Gasteiger charge is 2.47. The molecule has 2 heterocycles. The lowest BCUT2D eigenvalue weighted by Crippen LogP contribution is -2.58. The van der Waals surface area contributed by atoms with Gasteiger partial charge in [-0.1, -0.05) is 26.0 Å². The normalized spacial score (nSPS) is 20.5. The summed E-state index contributed by atoms with van der Waals surface area (Å²) in [6.07, 6.45) is 1.04. The number of alkyl halides is 5. The van der Waals surface area contributed by atoms with E-state index in [-0.39, 0.29) is 23.6 Å². The smallest absolute Gasteiger partial charge is 0.368 e. The Kier molecular flexibility index (Phi) is 9.23. The summed E-state index contributed by atoms with van der Waals surface area (Å²) in [4.78, 5) is 19.6. The van der Waals surface area contributed by atoms with Crippen LogP contribution in [-0.4, -0.2) is 63.2 Å². The van der Waals surface area contributed by atoms with E-state index in [9.17, 15) is 26.7 Å². The van der Waals surface area contributed by atoms with Gasteiger partial charge in [0.15, 0.2) is 0 Å². The fourth-order valence-corrected chi connectivity index (χ4v) is 4.43. The largest absolute Gasteiger partial charge is 0.417 e. The summed E-state index contributed by atoms with van der Waals surface area (Å²) < 4.78 is 84.1. The van der Waals surface area contributed by atoms with Gasteiger partial charge >= 0.3 is 6.18 Å². The molecular weight excluding hydrogens is 526 g/mol. The molecule has 1 aromatic carbocycles. The van der Waals surface area contributed by atoms with Crippen LogP contribution in [0.5, 0.6) is 0 Å². The van der Waals surface area contributed by atoms with Gasteiger partial charge in [-0.25, -0.2) is 18.2 Å². The van der Waals surface area contributed by atoms with Crippen LogP contribution in [-0.2, 0) is 0 Å². The number of benzene rings is 1. The second-order valence-electron chi connectivity index (χ2n) is 9.33. The van der Waals surface area contributed by atoms with Crippen molar-refractivity contribution in [2.75, 3.05) is 13.1 Å². The van der Waals surface area contributed by atoms with Gasteiger partial charge in [-0.05, 0) is 43.9 Å². The van der Waals surface area contributed by atoms with E-state index in [0.29, 0.717) is 12.6 Å². The van der Waals surface area contributed by atoms with Crippen LogP contribution >= 0.6 is 0 Å². The Balaban J connectivity index is 1.95. The Morgan fingerprint density at radius 3 is 2.51 bits per heavy atom. The van der Waals surface area contributed by atoms with Crippen molar-refractivity contribution in [2.45, 2.75) is 58.7 Å². The summed E-state index contributed by atoms with van der Waals surface area (Å²) in [5.41, 5.74) is -1.29. The van der Waals surface area contributed by atoms with Crippen molar-refractivity contribution in [1.29, 1.82) is 0 Å². The van der Waals surface area contributed by atoms with Gasteiger partial charge in [0.25, 0.3) is 11.8 Å². The second-order valence-corrected chi connectivity index (χ2v) is 9.33. The molecule has 1 aromatic heterocycles. The SMILES string of the molecule is C\C=C(/C=N\C(=C\CC)NCC1C(C)CC(F)(F)CN1C(=O)c1c(-n2nccn2)ccc(C)c1F)C(F)(F)F. The monoisotopic (exact) mass is 556 g/mol. The number of piperidine rings is 1. The zero-order chi connectivity index (χ0) is 29.0. The van der Waals surface area contributed by atoms with Crippen molar-refractivity contribution in [3.8, 4) is 5.69 Å². The highest BCUT2D eigenvalue weighted by atomic mass is 19.4. The molecule has 13 heteroatoms. The number of aryl methyl sites for hydroxylation is 1. The van der Waals surface area contributed by atoms with Gasteiger partial charge in [0, 0.05) is 19.2 Å². The van der Waals surface area contributed by atoms with E-state index in [1.165, 1.54) is 51.4 Å². The fourth-order valence-electron chi connectivity index (χ4n) is 4.43. The minimum atomic E-state index is -4.60. The number of allylic oxidation sites excluding steroid dienone is 3. The molecule has 2 aromatic rings. The summed E-state index contributed by atoms with van der Waals surface area (Å²) in [5.74, 6) is -5.74. The predicted octanol–water partition coefficient (Wildman–Crippen LogP) is 5.62. The van der Waals surface area contributed by atoms with Crippen molar-refractivity contribution in [3.63, 3.8) is 0 Å². The molecule has 0 bridgehead atoms. The van der Waals surface area contributed by atoms with E-state index in [1.54, 1.807) is 6.92 Å². The third-order valence-electron chi connectivity index (χ3n) is 6.37. The van der Waals surface area contributed by atoms with Gasteiger partial charge < -0.3 is 10.2 Å². The molecule has 1 aliphatic rings. The van der Waals surface area contributed by atoms with Gasteiger partial charge in [-0.3, -0.25) is 4.79 Å². The molecule has 212 valence electrons. The maximum atomic E-state index is 15.4. The van der Waals surface area contributed by atoms with Crippen molar-refractivity contribution < 1.29 is 31.1 Å². The Labute approximate surface area is 222 Å². The topological polar surface area (TPSA) is 75.4 Å². The minimum absolute atomic E-state index is 0.0106. The molecule has 1 amide bonds. The van der Waals surface area contributed by atoms with Gasteiger partial charge in [-0.15, -0.1) is 0 Å². The van der Waals surface area contributed by atoms with Crippen molar-refractivity contribution in [1.82, 2.24) is 25.2 Å². The Morgan fingerprint density at radius 1 is 1.26 bits per heavy atom. The first-order valence-corrected chi connectivity index (χ1v) is 12.3. The second kappa shape index (κ2) is 12.0. The molecule has 7 nitrogen and oxygen atoms in total. The number of amides is 1. The predicted molar refractivity (Wildman–Crippen MR) is 134 cm³/mol. The number of rotatable bonds is 8. The van der Waals surface area contributed by atoms with Crippen LogP contribution in [0.4, 0.5) is 26.3 Å². The van der Waals surface area contributed by atoms with Crippen molar-refractivity contribution in [3.05, 3.63) is 65.0 Å². The Bertz CT molecular complexity index is 1250. The molecule has 1 saturated heterocycles. The van der Waals surface area contributed by atoms with E-state index < -0.39 is 59.9 Å². The molecule has 0 aliphatic carbocycles. The van der Waals surface area contributed by atoms with Crippen LogP contribution in [0.3, 0.4) is 0 Å². The molecule has 0 saturated carbocycles. The number of halogens is 6. The molecule has 0 spiro atoms. The van der Waals surface area contributed by atoms with E-state index in [4.69, 9.17) is 0 Å². The molecule has 39 heavy (non-hydrogen) atoms. The number of hydrogen-bond acceptors (Lipinski definition) is 5. The fraction of sp³-hybridized carbons (Fsp3) is 0.462. The average molecular weight is 557 g/mol. The molecule has 2 atom stereocenters. The van der Waals surface area contributed by atoms with Crippen molar-refractivity contribution in [2.24, 2.45) is 10.9 Å². The maximum Gasteiger partial charge on any atom is 0.417 e. The number of carbonyl (C=O) groups excluding carboxylic acids is 1. The average Bonchev–Trinajstić information content (AvgIpc) is 3.38. The number of aromatic nitrogens is 3. The number of likely N-dealkylation sites (tertiary alicyclic amines) is 1. The lowest BCUT2D eigenvalue weighted by Gasteiger charge is -2.43. The van der Waals surface area contributed by atoms with Crippen LogP contribution in [0, 0.1) is 18.7 Å². The minimum Gasteiger partial charge on any atom is -0.368 e. The molecule has 0 radical (unpaired) electrons. The molecule has 1 fully saturated rings. The van der Waals surface area contributed by atoms with E-state index >= 15 is 4.39 Å². The third-order valence-corrected chi connectivity index (χ3v) is 6.37. The van der Waals surface area contributed by atoms with Crippen LogP contribution in [0.2, 0.25) is 0 Å². The lowest BCUT2D eigenvalue weighted by molar-refractivity contribution is -0.0913. The molecular formula is C26H30F6N6O. The van der Waals surface area contributed by atoms with Crippen LogP contribution in [0.1, 0.15) is 49.5 Å². The standard InChI is InChI=1S/C26H30F6N6O/c1-5-7-21(33-13-18(6-2)26(30,31)32)34-14-20-17(4)12-25(28,29)15-37(20)24(39)22-19(38-35-10-11-36-38)9-8-16(3)23(22)27/h6-11,13,17,20,34H,5,12,14-15H2,1-4H3/b18-6+,21-7-,33-13-. The van der Waals surface area contributed by atoms with Crippen LogP contribution in [0.25, 0.3) is 5.69 Å². The quantitative estimate of drug-likeness (QED) is 0.338.